The van der Waals surface area contributed by atoms with E-state index in [-0.39, 0.29) is 17.7 Å². The van der Waals surface area contributed by atoms with Crippen LogP contribution in [0, 0.1) is 11.8 Å². The van der Waals surface area contributed by atoms with E-state index < -0.39 is 0 Å². The van der Waals surface area contributed by atoms with Gasteiger partial charge in [-0.3, -0.25) is 9.59 Å². The van der Waals surface area contributed by atoms with E-state index in [1.807, 2.05) is 29.2 Å². The summed E-state index contributed by atoms with van der Waals surface area (Å²) in [6, 6.07) is 7.37. The molecule has 0 bridgehead atoms. The van der Waals surface area contributed by atoms with Crippen molar-refractivity contribution in [3.8, 4) is 5.75 Å². The molecular weight excluding hydrogens is 342 g/mol. The Bertz CT molecular complexity index is 631. The number of nitrogens with one attached hydrogen (secondary N) is 1. The minimum Gasteiger partial charge on any atom is -0.497 e. The summed E-state index contributed by atoms with van der Waals surface area (Å²) in [6.45, 7) is 6.84. The Kier molecular flexibility index (Phi) is 6.72. The number of likely N-dealkylation sites (N-methyl/N-ethyl adjacent to an activating group) is 1. The molecule has 0 aromatic heterocycles. The van der Waals surface area contributed by atoms with Crippen molar-refractivity contribution in [3.05, 3.63) is 24.3 Å². The third-order valence-electron chi connectivity index (χ3n) is 5.94. The van der Waals surface area contributed by atoms with Gasteiger partial charge in [-0.25, -0.2) is 0 Å². The maximum Gasteiger partial charge on any atom is 0.227 e. The second kappa shape index (κ2) is 9.22. The molecule has 1 saturated carbocycles. The first-order chi connectivity index (χ1) is 13.1. The van der Waals surface area contributed by atoms with Crippen LogP contribution in [0.4, 0.5) is 5.69 Å². The minimum atomic E-state index is -0.00640. The van der Waals surface area contributed by atoms with Crippen LogP contribution in [-0.4, -0.2) is 61.4 Å². The number of hydrogen-bond donors (Lipinski definition) is 1. The van der Waals surface area contributed by atoms with Crippen molar-refractivity contribution in [1.29, 1.82) is 0 Å². The fourth-order valence-electron chi connectivity index (χ4n) is 4.06. The minimum absolute atomic E-state index is 0.00640. The van der Waals surface area contributed by atoms with Crippen LogP contribution in [0.1, 0.15) is 32.6 Å². The molecule has 0 atom stereocenters. The highest BCUT2D eigenvalue weighted by molar-refractivity contribution is 5.92. The summed E-state index contributed by atoms with van der Waals surface area (Å²) in [4.78, 5) is 29.7. The first kappa shape index (κ1) is 19.7. The van der Waals surface area contributed by atoms with Gasteiger partial charge in [0.15, 0.2) is 0 Å². The monoisotopic (exact) mass is 373 g/mol. The molecule has 1 saturated heterocycles. The number of rotatable bonds is 5. The quantitative estimate of drug-likeness (QED) is 0.862. The number of amides is 2. The van der Waals surface area contributed by atoms with Crippen LogP contribution in [0.3, 0.4) is 0 Å². The number of nitrogens with zero attached hydrogens (tertiary/aromatic N) is 2. The normalized spacial score (nSPS) is 23.7. The third kappa shape index (κ3) is 5.01. The van der Waals surface area contributed by atoms with Crippen molar-refractivity contribution in [2.75, 3.05) is 45.2 Å². The van der Waals surface area contributed by atoms with Gasteiger partial charge < -0.3 is 19.9 Å². The smallest absolute Gasteiger partial charge is 0.227 e. The molecule has 2 fully saturated rings. The number of anilines is 1. The Hall–Kier alpha value is -2.08. The molecule has 1 aromatic carbocycles. The lowest BCUT2D eigenvalue weighted by Gasteiger charge is -2.37. The fourth-order valence-corrected chi connectivity index (χ4v) is 4.06. The van der Waals surface area contributed by atoms with Gasteiger partial charge in [-0.1, -0.05) is 6.92 Å². The van der Waals surface area contributed by atoms with Gasteiger partial charge in [-0.2, -0.15) is 0 Å². The highest BCUT2D eigenvalue weighted by Gasteiger charge is 2.33. The van der Waals surface area contributed by atoms with Gasteiger partial charge in [0.2, 0.25) is 11.8 Å². The lowest BCUT2D eigenvalue weighted by molar-refractivity contribution is -0.139. The second-order valence-electron chi connectivity index (χ2n) is 7.53. The van der Waals surface area contributed by atoms with E-state index in [4.69, 9.17) is 4.74 Å². The fraction of sp³-hybridized carbons (Fsp3) is 0.619. The van der Waals surface area contributed by atoms with Crippen molar-refractivity contribution in [1.82, 2.24) is 9.80 Å². The molecule has 27 heavy (non-hydrogen) atoms. The van der Waals surface area contributed by atoms with Crippen LogP contribution >= 0.6 is 0 Å². The van der Waals surface area contributed by atoms with E-state index in [9.17, 15) is 9.59 Å². The molecule has 2 aliphatic rings. The summed E-state index contributed by atoms with van der Waals surface area (Å²) in [5.41, 5.74) is 0.785. The standard InChI is InChI=1S/C21H31N3O3/c1-3-23-12-14-24(15-13-23)21(26)17-6-4-16(5-7-17)20(25)22-18-8-10-19(27-2)11-9-18/h8-11,16-17H,3-7,12-15H2,1-2H3,(H,22,25). The molecule has 0 radical (unpaired) electrons. The highest BCUT2D eigenvalue weighted by Crippen LogP contribution is 2.31. The van der Waals surface area contributed by atoms with Gasteiger partial charge in [0, 0.05) is 43.7 Å². The first-order valence-electron chi connectivity index (χ1n) is 10.1. The molecule has 3 rings (SSSR count). The predicted molar refractivity (Wildman–Crippen MR) is 106 cm³/mol. The van der Waals surface area contributed by atoms with E-state index in [0.717, 1.165) is 69.8 Å². The Morgan fingerprint density at radius 1 is 1.00 bits per heavy atom. The predicted octanol–water partition coefficient (Wildman–Crippen LogP) is 2.60. The number of piperazine rings is 1. The zero-order valence-corrected chi connectivity index (χ0v) is 16.4. The SMILES string of the molecule is CCN1CCN(C(=O)C2CCC(C(=O)Nc3ccc(OC)cc3)CC2)CC1. The van der Waals surface area contributed by atoms with Crippen LogP contribution in [0.2, 0.25) is 0 Å². The Morgan fingerprint density at radius 2 is 1.59 bits per heavy atom. The van der Waals surface area contributed by atoms with Crippen molar-refractivity contribution in [2.24, 2.45) is 11.8 Å². The number of carbonyl (C=O) groups is 2. The number of methoxy groups -OCH3 is 1. The first-order valence-corrected chi connectivity index (χ1v) is 10.1. The van der Waals surface area contributed by atoms with Crippen molar-refractivity contribution < 1.29 is 14.3 Å². The summed E-state index contributed by atoms with van der Waals surface area (Å²) in [6.07, 6.45) is 3.20. The number of hydrogen-bond acceptors (Lipinski definition) is 4. The van der Waals surface area contributed by atoms with Crippen LogP contribution < -0.4 is 10.1 Å². The Morgan fingerprint density at radius 3 is 2.15 bits per heavy atom. The molecule has 6 nitrogen and oxygen atoms in total. The molecule has 0 unspecified atom stereocenters. The molecule has 2 amide bonds. The molecule has 6 heteroatoms. The number of carbonyl (C=O) groups excluding carboxylic acids is 2. The molecule has 1 N–H and O–H groups in total. The maximum atomic E-state index is 12.8. The van der Waals surface area contributed by atoms with Crippen molar-refractivity contribution in [2.45, 2.75) is 32.6 Å². The Labute approximate surface area is 161 Å². The summed E-state index contributed by atoms with van der Waals surface area (Å²) in [5, 5.41) is 2.99. The van der Waals surface area contributed by atoms with Crippen LogP contribution in [-0.2, 0) is 9.59 Å². The average Bonchev–Trinajstić information content (AvgIpc) is 2.74. The summed E-state index contributed by atoms with van der Waals surface area (Å²) < 4.78 is 5.14. The Balaban J connectivity index is 1.45. The molecule has 0 spiro atoms. The second-order valence-corrected chi connectivity index (χ2v) is 7.53. The zero-order valence-electron chi connectivity index (χ0n) is 16.4. The average molecular weight is 373 g/mol. The summed E-state index contributed by atoms with van der Waals surface area (Å²) in [5.74, 6) is 1.20. The van der Waals surface area contributed by atoms with Gasteiger partial charge in [-0.15, -0.1) is 0 Å². The van der Waals surface area contributed by atoms with Crippen LogP contribution in [0.15, 0.2) is 24.3 Å². The van der Waals surface area contributed by atoms with Gasteiger partial charge >= 0.3 is 0 Å². The lowest BCUT2D eigenvalue weighted by atomic mass is 9.80. The maximum absolute atomic E-state index is 12.8. The number of benzene rings is 1. The van der Waals surface area contributed by atoms with Crippen LogP contribution in [0.5, 0.6) is 5.75 Å². The van der Waals surface area contributed by atoms with Gasteiger partial charge in [-0.05, 0) is 56.5 Å². The molecule has 1 aliphatic carbocycles. The highest BCUT2D eigenvalue weighted by atomic mass is 16.5. The van der Waals surface area contributed by atoms with E-state index in [0.29, 0.717) is 5.91 Å². The topological polar surface area (TPSA) is 61.9 Å². The van der Waals surface area contributed by atoms with Gasteiger partial charge in [0.1, 0.15) is 5.75 Å². The van der Waals surface area contributed by atoms with E-state index in [1.165, 1.54) is 0 Å². The zero-order chi connectivity index (χ0) is 19.2. The molecule has 148 valence electrons. The van der Waals surface area contributed by atoms with E-state index >= 15 is 0 Å². The van der Waals surface area contributed by atoms with Gasteiger partial charge in [0.05, 0.1) is 7.11 Å². The molecule has 1 aliphatic heterocycles. The lowest BCUT2D eigenvalue weighted by Crippen LogP contribution is -2.50. The van der Waals surface area contributed by atoms with Gasteiger partial charge in [0.25, 0.3) is 0 Å². The third-order valence-corrected chi connectivity index (χ3v) is 5.94. The van der Waals surface area contributed by atoms with E-state index in [2.05, 4.69) is 17.1 Å². The summed E-state index contributed by atoms with van der Waals surface area (Å²) >= 11 is 0. The molecule has 1 heterocycles. The molecule has 1 aromatic rings. The molecular formula is C21H31N3O3. The largest absolute Gasteiger partial charge is 0.497 e. The van der Waals surface area contributed by atoms with Crippen molar-refractivity contribution in [3.63, 3.8) is 0 Å². The van der Waals surface area contributed by atoms with Crippen LogP contribution in [0.25, 0.3) is 0 Å². The van der Waals surface area contributed by atoms with Crippen molar-refractivity contribution >= 4 is 17.5 Å². The number of ether oxygens (including phenoxy) is 1. The van der Waals surface area contributed by atoms with E-state index in [1.54, 1.807) is 7.11 Å². The summed E-state index contributed by atoms with van der Waals surface area (Å²) in [7, 11) is 1.62.